The lowest BCUT2D eigenvalue weighted by Gasteiger charge is -2.38. The smallest absolute Gasteiger partial charge is 0.410 e. The maximum atomic E-state index is 14.2. The molecular formula is C29H29N5O4. The van der Waals surface area contributed by atoms with Gasteiger partial charge in [0.2, 0.25) is 5.91 Å². The van der Waals surface area contributed by atoms with Crippen molar-refractivity contribution in [2.24, 2.45) is 0 Å². The summed E-state index contributed by atoms with van der Waals surface area (Å²) in [4.78, 5) is 43.6. The third-order valence-electron chi connectivity index (χ3n) is 7.39. The van der Waals surface area contributed by atoms with Crippen molar-refractivity contribution < 1.29 is 18.7 Å². The Bertz CT molecular complexity index is 1520. The summed E-state index contributed by atoms with van der Waals surface area (Å²) in [7, 11) is 0. The van der Waals surface area contributed by atoms with Gasteiger partial charge in [0.05, 0.1) is 41.3 Å². The molecule has 2 aliphatic heterocycles. The molecule has 1 spiro atoms. The highest BCUT2D eigenvalue weighted by Crippen LogP contribution is 2.48. The Hall–Kier alpha value is -4.27. The second-order valence-corrected chi connectivity index (χ2v) is 10.9. The van der Waals surface area contributed by atoms with Gasteiger partial charge in [0.15, 0.2) is 12.2 Å². The van der Waals surface area contributed by atoms with Gasteiger partial charge in [-0.3, -0.25) is 14.8 Å². The van der Waals surface area contributed by atoms with Crippen LogP contribution in [0, 0.1) is 0 Å². The summed E-state index contributed by atoms with van der Waals surface area (Å²) < 4.78 is 11.3. The van der Waals surface area contributed by atoms with Crippen molar-refractivity contribution in [1.82, 2.24) is 19.9 Å². The van der Waals surface area contributed by atoms with Crippen molar-refractivity contribution in [3.05, 3.63) is 72.8 Å². The van der Waals surface area contributed by atoms with E-state index in [1.54, 1.807) is 28.4 Å². The molecule has 1 aromatic carbocycles. The minimum absolute atomic E-state index is 0.00261. The van der Waals surface area contributed by atoms with E-state index in [9.17, 15) is 9.59 Å². The Morgan fingerprint density at radius 3 is 2.61 bits per heavy atom. The topological polar surface area (TPSA) is 102 Å². The van der Waals surface area contributed by atoms with Crippen molar-refractivity contribution in [2.75, 3.05) is 18.0 Å². The van der Waals surface area contributed by atoms with Crippen LogP contribution >= 0.6 is 0 Å². The molecule has 0 bridgehead atoms. The maximum Gasteiger partial charge on any atom is 0.410 e. The number of benzene rings is 1. The number of likely N-dealkylation sites (tertiary alicyclic amines) is 1. The molecule has 0 unspecified atom stereocenters. The van der Waals surface area contributed by atoms with Crippen LogP contribution < -0.4 is 4.90 Å². The molecule has 0 radical (unpaired) electrons. The van der Waals surface area contributed by atoms with E-state index in [2.05, 4.69) is 9.97 Å². The first kappa shape index (κ1) is 24.1. The predicted molar refractivity (Wildman–Crippen MR) is 141 cm³/mol. The fraction of sp³-hybridized carbons (Fsp3) is 0.345. The van der Waals surface area contributed by atoms with Gasteiger partial charge in [-0.1, -0.05) is 24.3 Å². The summed E-state index contributed by atoms with van der Waals surface area (Å²) in [5.74, 6) is 0.602. The number of carbonyl (C=O) groups excluding carboxylic acids is 2. The first-order valence-corrected chi connectivity index (χ1v) is 12.8. The number of pyridine rings is 2. The summed E-state index contributed by atoms with van der Waals surface area (Å²) in [5.41, 5.74) is 1.97. The van der Waals surface area contributed by atoms with Crippen molar-refractivity contribution in [2.45, 2.75) is 51.2 Å². The summed E-state index contributed by atoms with van der Waals surface area (Å²) in [6.07, 6.45) is 9.04. The fourth-order valence-electron chi connectivity index (χ4n) is 5.62. The summed E-state index contributed by atoms with van der Waals surface area (Å²) >= 11 is 0. The number of nitrogens with zero attached hydrogens (tertiary/aromatic N) is 5. The molecule has 4 aromatic rings. The highest BCUT2D eigenvalue weighted by Gasteiger charge is 2.53. The van der Waals surface area contributed by atoms with Gasteiger partial charge in [-0.05, 0) is 50.6 Å². The zero-order valence-electron chi connectivity index (χ0n) is 21.7. The van der Waals surface area contributed by atoms with Gasteiger partial charge in [-0.15, -0.1) is 0 Å². The molecule has 0 aliphatic carbocycles. The fourth-order valence-corrected chi connectivity index (χ4v) is 5.62. The maximum absolute atomic E-state index is 14.2. The molecule has 38 heavy (non-hydrogen) atoms. The average Bonchev–Trinajstić information content (AvgIpc) is 3.51. The van der Waals surface area contributed by atoms with Crippen molar-refractivity contribution >= 4 is 28.5 Å². The van der Waals surface area contributed by atoms with Crippen LogP contribution in [0.4, 0.5) is 10.5 Å². The lowest BCUT2D eigenvalue weighted by Crippen LogP contribution is -2.50. The molecule has 0 saturated carbocycles. The number of ether oxygens (including phenoxy) is 1. The second-order valence-electron chi connectivity index (χ2n) is 10.9. The summed E-state index contributed by atoms with van der Waals surface area (Å²) in [6, 6.07) is 9.89. The van der Waals surface area contributed by atoms with Crippen LogP contribution in [-0.4, -0.2) is 50.5 Å². The first-order valence-electron chi connectivity index (χ1n) is 12.8. The van der Waals surface area contributed by atoms with Crippen LogP contribution in [0.25, 0.3) is 22.1 Å². The van der Waals surface area contributed by atoms with Gasteiger partial charge in [-0.2, -0.15) is 0 Å². The lowest BCUT2D eigenvalue weighted by atomic mass is 9.74. The number of aromatic nitrogens is 3. The zero-order valence-corrected chi connectivity index (χ0v) is 21.7. The number of piperidine rings is 1. The van der Waals surface area contributed by atoms with Gasteiger partial charge < -0.3 is 19.0 Å². The number of amides is 2. The Kier molecular flexibility index (Phi) is 5.66. The number of hydrogen-bond acceptors (Lipinski definition) is 7. The highest BCUT2D eigenvalue weighted by molar-refractivity contribution is 6.08. The van der Waals surface area contributed by atoms with E-state index < -0.39 is 11.0 Å². The van der Waals surface area contributed by atoms with E-state index in [1.165, 1.54) is 6.39 Å². The van der Waals surface area contributed by atoms with Crippen LogP contribution in [0.5, 0.6) is 0 Å². The minimum Gasteiger partial charge on any atom is -0.444 e. The van der Waals surface area contributed by atoms with Crippen LogP contribution in [0.1, 0.15) is 44.9 Å². The zero-order chi connectivity index (χ0) is 26.5. The lowest BCUT2D eigenvalue weighted by molar-refractivity contribution is -0.125. The molecule has 2 aliphatic rings. The standard InChI is InChI=1S/C29H29N5O4/c1-28(2,3)38-27(36)33-12-9-29(10-13-33)21-8-11-30-15-23(21)34(26(29)35)17-22-25(24-16-31-18-37-24)20-7-5-4-6-19(20)14-32-22/h4-8,11,14-16,18H,9-10,12-13,17H2,1-3H3. The van der Waals surface area contributed by atoms with E-state index in [-0.39, 0.29) is 18.5 Å². The molecule has 2 amide bonds. The van der Waals surface area contributed by atoms with E-state index in [1.807, 2.05) is 57.3 Å². The average molecular weight is 512 g/mol. The first-order chi connectivity index (χ1) is 18.3. The van der Waals surface area contributed by atoms with Gasteiger partial charge in [0.1, 0.15) is 5.60 Å². The molecule has 0 atom stereocenters. The molecule has 194 valence electrons. The number of rotatable bonds is 3. The molecule has 6 rings (SSSR count). The van der Waals surface area contributed by atoms with Crippen LogP contribution in [-0.2, 0) is 21.5 Å². The SMILES string of the molecule is CC(C)(C)OC(=O)N1CCC2(CC1)C(=O)N(Cc1ncc3ccccc3c1-c1cnco1)c1cnccc12. The Labute approximate surface area is 220 Å². The molecule has 9 heteroatoms. The van der Waals surface area contributed by atoms with Crippen LogP contribution in [0.15, 0.2) is 65.9 Å². The third-order valence-corrected chi connectivity index (χ3v) is 7.39. The number of anilines is 1. The second kappa shape index (κ2) is 8.93. The number of fused-ring (bicyclic) bond motifs is 3. The van der Waals surface area contributed by atoms with E-state index in [4.69, 9.17) is 14.1 Å². The molecule has 3 aromatic heterocycles. The number of carbonyl (C=O) groups is 2. The van der Waals surface area contributed by atoms with Gasteiger partial charge >= 0.3 is 6.09 Å². The Balaban J connectivity index is 1.34. The van der Waals surface area contributed by atoms with Crippen molar-refractivity contribution in [3.8, 4) is 11.3 Å². The third kappa shape index (κ3) is 3.98. The van der Waals surface area contributed by atoms with Crippen molar-refractivity contribution in [3.63, 3.8) is 0 Å². The van der Waals surface area contributed by atoms with E-state index in [0.717, 1.165) is 27.6 Å². The molecule has 1 saturated heterocycles. The largest absolute Gasteiger partial charge is 0.444 e. The summed E-state index contributed by atoms with van der Waals surface area (Å²) in [5, 5.41) is 1.95. The van der Waals surface area contributed by atoms with E-state index >= 15 is 0 Å². The van der Waals surface area contributed by atoms with E-state index in [0.29, 0.717) is 37.4 Å². The molecular weight excluding hydrogens is 482 g/mol. The van der Waals surface area contributed by atoms with Gasteiger partial charge in [0.25, 0.3) is 0 Å². The number of oxazole rings is 1. The quantitative estimate of drug-likeness (QED) is 0.377. The minimum atomic E-state index is -0.722. The monoisotopic (exact) mass is 511 g/mol. The van der Waals surface area contributed by atoms with Crippen LogP contribution in [0.2, 0.25) is 0 Å². The highest BCUT2D eigenvalue weighted by atomic mass is 16.6. The van der Waals surface area contributed by atoms with Gasteiger partial charge in [-0.25, -0.2) is 9.78 Å². The Morgan fingerprint density at radius 2 is 1.87 bits per heavy atom. The normalized spacial score (nSPS) is 16.8. The predicted octanol–water partition coefficient (Wildman–Crippen LogP) is 5.10. The van der Waals surface area contributed by atoms with Crippen LogP contribution in [0.3, 0.4) is 0 Å². The molecule has 5 heterocycles. The molecule has 1 fully saturated rings. The number of hydrogen-bond donors (Lipinski definition) is 0. The molecule has 9 nitrogen and oxygen atoms in total. The Morgan fingerprint density at radius 1 is 1.08 bits per heavy atom. The molecule has 0 N–H and O–H groups in total. The van der Waals surface area contributed by atoms with Gasteiger partial charge in [0, 0.05) is 30.9 Å². The summed E-state index contributed by atoms with van der Waals surface area (Å²) in [6.45, 7) is 6.70. The van der Waals surface area contributed by atoms with Crippen molar-refractivity contribution in [1.29, 1.82) is 0 Å².